The van der Waals surface area contributed by atoms with Crippen LogP contribution in [0.2, 0.25) is 5.02 Å². The molecule has 3 rings (SSSR count). The van der Waals surface area contributed by atoms with Crippen molar-refractivity contribution in [1.82, 2.24) is 0 Å². The fourth-order valence-electron chi connectivity index (χ4n) is 3.00. The van der Waals surface area contributed by atoms with Gasteiger partial charge >= 0.3 is 0 Å². The molecule has 0 atom stereocenters. The van der Waals surface area contributed by atoms with Gasteiger partial charge in [-0.05, 0) is 78.2 Å². The standard InChI is InChI=1S/C23H21BrClNO4S/c1-15-9-11-19(12-10-15)31(28,29)26(18-7-5-4-6-8-18)21(27)14-30-20-13-16(2)23(25)17(3)22(20)24/h4-13H,14H2,1-3H3. The van der Waals surface area contributed by atoms with Gasteiger partial charge in [0.05, 0.1) is 15.1 Å². The molecule has 0 N–H and O–H groups in total. The Hall–Kier alpha value is -2.35. The highest BCUT2D eigenvalue weighted by atomic mass is 79.9. The summed E-state index contributed by atoms with van der Waals surface area (Å²) in [5, 5.41) is 0.596. The van der Waals surface area contributed by atoms with E-state index >= 15 is 0 Å². The number of para-hydroxylation sites is 1. The number of rotatable bonds is 6. The number of hydrogen-bond acceptors (Lipinski definition) is 4. The van der Waals surface area contributed by atoms with Crippen molar-refractivity contribution in [2.24, 2.45) is 0 Å². The Morgan fingerprint density at radius 2 is 1.65 bits per heavy atom. The molecule has 0 radical (unpaired) electrons. The van der Waals surface area contributed by atoms with E-state index in [9.17, 15) is 13.2 Å². The third-order valence-electron chi connectivity index (χ3n) is 4.70. The summed E-state index contributed by atoms with van der Waals surface area (Å²) in [7, 11) is -4.14. The molecule has 31 heavy (non-hydrogen) atoms. The number of sulfonamides is 1. The molecule has 5 nitrogen and oxygen atoms in total. The average molecular weight is 523 g/mol. The maximum Gasteiger partial charge on any atom is 0.278 e. The monoisotopic (exact) mass is 521 g/mol. The summed E-state index contributed by atoms with van der Waals surface area (Å²) < 4.78 is 33.8. The first kappa shape index (κ1) is 23.3. The second kappa shape index (κ2) is 9.42. The summed E-state index contributed by atoms with van der Waals surface area (Å²) in [4.78, 5) is 13.2. The van der Waals surface area contributed by atoms with E-state index < -0.39 is 22.5 Å². The van der Waals surface area contributed by atoms with Gasteiger partial charge in [-0.25, -0.2) is 8.42 Å². The zero-order valence-electron chi connectivity index (χ0n) is 17.2. The number of amides is 1. The molecule has 1 amide bonds. The van der Waals surface area contributed by atoms with Crippen LogP contribution >= 0.6 is 27.5 Å². The summed E-state index contributed by atoms with van der Waals surface area (Å²) in [6, 6.07) is 16.3. The zero-order valence-corrected chi connectivity index (χ0v) is 20.4. The summed E-state index contributed by atoms with van der Waals surface area (Å²) >= 11 is 9.67. The minimum Gasteiger partial charge on any atom is -0.483 e. The van der Waals surface area contributed by atoms with Crippen LogP contribution in [0.1, 0.15) is 16.7 Å². The third-order valence-corrected chi connectivity index (χ3v) is 8.03. The molecule has 0 bridgehead atoms. The Labute approximate surface area is 195 Å². The molecule has 8 heteroatoms. The minimum absolute atomic E-state index is 0.0228. The number of aryl methyl sites for hydroxylation is 2. The molecule has 0 saturated carbocycles. The van der Waals surface area contributed by atoms with Crippen LogP contribution < -0.4 is 9.04 Å². The zero-order chi connectivity index (χ0) is 22.8. The predicted molar refractivity (Wildman–Crippen MR) is 126 cm³/mol. The van der Waals surface area contributed by atoms with Crippen molar-refractivity contribution in [3.8, 4) is 5.75 Å². The normalized spacial score (nSPS) is 11.3. The maximum absolute atomic E-state index is 13.3. The minimum atomic E-state index is -4.14. The summed E-state index contributed by atoms with van der Waals surface area (Å²) in [5.41, 5.74) is 2.71. The van der Waals surface area contributed by atoms with E-state index in [1.165, 1.54) is 12.1 Å². The summed E-state index contributed by atoms with van der Waals surface area (Å²) in [6.07, 6.45) is 0. The van der Waals surface area contributed by atoms with Gasteiger partial charge in [-0.15, -0.1) is 0 Å². The van der Waals surface area contributed by atoms with Crippen molar-refractivity contribution in [2.45, 2.75) is 25.7 Å². The van der Waals surface area contributed by atoms with Crippen LogP contribution in [-0.4, -0.2) is 20.9 Å². The number of carbonyl (C=O) groups is 1. The molecular weight excluding hydrogens is 502 g/mol. The number of ether oxygens (including phenoxy) is 1. The van der Waals surface area contributed by atoms with Crippen LogP contribution in [0.3, 0.4) is 0 Å². The van der Waals surface area contributed by atoms with Gasteiger partial charge in [0.2, 0.25) is 0 Å². The second-order valence-corrected chi connectivity index (χ2v) is 10.0. The van der Waals surface area contributed by atoms with Crippen LogP contribution in [0.25, 0.3) is 0 Å². The van der Waals surface area contributed by atoms with Gasteiger partial charge < -0.3 is 4.74 Å². The topological polar surface area (TPSA) is 63.7 Å². The van der Waals surface area contributed by atoms with E-state index in [4.69, 9.17) is 16.3 Å². The van der Waals surface area contributed by atoms with Crippen LogP contribution in [0, 0.1) is 20.8 Å². The number of halogens is 2. The number of carbonyl (C=O) groups excluding carboxylic acids is 1. The lowest BCUT2D eigenvalue weighted by Gasteiger charge is -2.23. The molecule has 0 aliphatic heterocycles. The maximum atomic E-state index is 13.3. The Bertz CT molecular complexity index is 1210. The molecule has 0 saturated heterocycles. The SMILES string of the molecule is Cc1ccc(S(=O)(=O)N(C(=O)COc2cc(C)c(Cl)c(C)c2Br)c2ccccc2)cc1. The first-order valence-electron chi connectivity index (χ1n) is 9.41. The largest absolute Gasteiger partial charge is 0.483 e. The smallest absolute Gasteiger partial charge is 0.278 e. The number of anilines is 1. The van der Waals surface area contributed by atoms with Crippen molar-refractivity contribution in [1.29, 1.82) is 0 Å². The van der Waals surface area contributed by atoms with Crippen molar-refractivity contribution in [2.75, 3.05) is 10.9 Å². The van der Waals surface area contributed by atoms with E-state index in [2.05, 4.69) is 15.9 Å². The fraction of sp³-hybridized carbons (Fsp3) is 0.174. The summed E-state index contributed by atoms with van der Waals surface area (Å²) in [6.45, 7) is 5.04. The predicted octanol–water partition coefficient (Wildman–Crippen LogP) is 5.83. The van der Waals surface area contributed by atoms with Gasteiger partial charge in [0.25, 0.3) is 15.9 Å². The van der Waals surface area contributed by atoms with Crippen LogP contribution in [0.4, 0.5) is 5.69 Å². The summed E-state index contributed by atoms with van der Waals surface area (Å²) in [5.74, 6) is -0.308. The molecular formula is C23H21BrClNO4S. The lowest BCUT2D eigenvalue weighted by atomic mass is 10.1. The lowest BCUT2D eigenvalue weighted by Crippen LogP contribution is -2.40. The molecule has 0 aromatic heterocycles. The molecule has 0 fully saturated rings. The highest BCUT2D eigenvalue weighted by molar-refractivity contribution is 9.10. The van der Waals surface area contributed by atoms with E-state index in [0.717, 1.165) is 21.0 Å². The van der Waals surface area contributed by atoms with E-state index in [1.54, 1.807) is 48.5 Å². The Kier molecular flexibility index (Phi) is 7.09. The van der Waals surface area contributed by atoms with Crippen molar-refractivity contribution >= 4 is 49.1 Å². The Morgan fingerprint density at radius 1 is 1.03 bits per heavy atom. The van der Waals surface area contributed by atoms with Crippen LogP contribution in [0.15, 0.2) is 70.0 Å². The molecule has 162 valence electrons. The molecule has 0 heterocycles. The highest BCUT2D eigenvalue weighted by Gasteiger charge is 2.31. The quantitative estimate of drug-likeness (QED) is 0.409. The van der Waals surface area contributed by atoms with Crippen molar-refractivity contribution in [3.05, 3.63) is 86.8 Å². The van der Waals surface area contributed by atoms with Gasteiger partial charge in [0.1, 0.15) is 5.75 Å². The third kappa shape index (κ3) is 4.95. The first-order chi connectivity index (χ1) is 14.6. The van der Waals surface area contributed by atoms with Gasteiger partial charge in [0, 0.05) is 5.02 Å². The van der Waals surface area contributed by atoms with Gasteiger partial charge in [-0.3, -0.25) is 4.79 Å². The Morgan fingerprint density at radius 3 is 2.26 bits per heavy atom. The molecule has 0 aliphatic carbocycles. The van der Waals surface area contributed by atoms with E-state index in [-0.39, 0.29) is 10.6 Å². The highest BCUT2D eigenvalue weighted by Crippen LogP contribution is 2.36. The van der Waals surface area contributed by atoms with Gasteiger partial charge in [-0.1, -0.05) is 47.5 Å². The molecule has 3 aromatic rings. The molecule has 3 aromatic carbocycles. The second-order valence-electron chi connectivity index (χ2n) is 7.05. The van der Waals surface area contributed by atoms with Crippen LogP contribution in [-0.2, 0) is 14.8 Å². The number of hydrogen-bond donors (Lipinski definition) is 0. The number of benzene rings is 3. The van der Waals surface area contributed by atoms with E-state index in [1.807, 2.05) is 20.8 Å². The average Bonchev–Trinajstić information content (AvgIpc) is 2.75. The lowest BCUT2D eigenvalue weighted by molar-refractivity contribution is -0.119. The van der Waals surface area contributed by atoms with Gasteiger partial charge in [-0.2, -0.15) is 4.31 Å². The Balaban J connectivity index is 1.96. The molecule has 0 aliphatic rings. The van der Waals surface area contributed by atoms with Gasteiger partial charge in [0.15, 0.2) is 6.61 Å². The number of nitrogens with zero attached hydrogens (tertiary/aromatic N) is 1. The molecule has 0 spiro atoms. The first-order valence-corrected chi connectivity index (χ1v) is 12.0. The van der Waals surface area contributed by atoms with E-state index in [0.29, 0.717) is 15.2 Å². The van der Waals surface area contributed by atoms with Crippen molar-refractivity contribution in [3.63, 3.8) is 0 Å². The molecule has 0 unspecified atom stereocenters. The van der Waals surface area contributed by atoms with Crippen LogP contribution in [0.5, 0.6) is 5.75 Å². The van der Waals surface area contributed by atoms with Crippen molar-refractivity contribution < 1.29 is 17.9 Å². The fourth-order valence-corrected chi connectivity index (χ4v) is 5.10.